The summed E-state index contributed by atoms with van der Waals surface area (Å²) in [5, 5.41) is 0. The minimum absolute atomic E-state index is 0.293. The van der Waals surface area contributed by atoms with Crippen molar-refractivity contribution in [2.45, 2.75) is 18.6 Å². The molecule has 2 N–H and O–H groups in total. The van der Waals surface area contributed by atoms with Crippen LogP contribution in [0.2, 0.25) is 0 Å². The van der Waals surface area contributed by atoms with Gasteiger partial charge in [-0.1, -0.05) is 0 Å². The van der Waals surface area contributed by atoms with Crippen LogP contribution in [0.3, 0.4) is 0 Å². The second-order valence-corrected chi connectivity index (χ2v) is 5.02. The summed E-state index contributed by atoms with van der Waals surface area (Å²) >= 11 is 0. The van der Waals surface area contributed by atoms with Crippen LogP contribution in [0.1, 0.15) is 29.7 Å². The first-order chi connectivity index (χ1) is 10.1. The summed E-state index contributed by atoms with van der Waals surface area (Å²) in [6.07, 6.45) is -0.107. The molecule has 1 unspecified atom stereocenters. The molecule has 5 heteroatoms. The second kappa shape index (κ2) is 5.33. The molecule has 2 atom stereocenters. The molecule has 0 amide bonds. The molecule has 0 spiro atoms. The van der Waals surface area contributed by atoms with Crippen molar-refractivity contribution < 1.29 is 18.3 Å². The topological polar surface area (TPSA) is 44.5 Å². The van der Waals surface area contributed by atoms with Crippen LogP contribution >= 0.6 is 0 Å². The third-order valence-electron chi connectivity index (χ3n) is 3.66. The lowest BCUT2D eigenvalue weighted by Crippen LogP contribution is -2.24. The van der Waals surface area contributed by atoms with Gasteiger partial charge < -0.3 is 15.2 Å². The van der Waals surface area contributed by atoms with Gasteiger partial charge in [0, 0.05) is 29.7 Å². The summed E-state index contributed by atoms with van der Waals surface area (Å²) in [4.78, 5) is 0. The van der Waals surface area contributed by atoms with Gasteiger partial charge in [-0.05, 0) is 30.3 Å². The molecule has 0 saturated heterocycles. The Morgan fingerprint density at radius 3 is 2.67 bits per heavy atom. The van der Waals surface area contributed by atoms with E-state index in [2.05, 4.69) is 0 Å². The standard InChI is InChI=1S/C16H15F2NO2/c1-20-10-3-5-15-12(7-10)14(19)8-16(21-15)11-4-2-9(17)6-13(11)18/h2-7,14,16H,8,19H2,1H3/t14-,16?/m1/s1. The second-order valence-electron chi connectivity index (χ2n) is 5.02. The van der Waals surface area contributed by atoms with Crippen LogP contribution in [-0.4, -0.2) is 7.11 Å². The Kier molecular flexibility index (Phi) is 3.51. The Morgan fingerprint density at radius 2 is 1.95 bits per heavy atom. The minimum Gasteiger partial charge on any atom is -0.497 e. The summed E-state index contributed by atoms with van der Waals surface area (Å²) in [5.74, 6) is 0.0631. The van der Waals surface area contributed by atoms with Gasteiger partial charge in [-0.3, -0.25) is 0 Å². The van der Waals surface area contributed by atoms with Gasteiger partial charge in [0.05, 0.1) is 7.11 Å². The fourth-order valence-corrected chi connectivity index (χ4v) is 2.56. The molecule has 1 aliphatic rings. The van der Waals surface area contributed by atoms with Crippen molar-refractivity contribution in [3.8, 4) is 11.5 Å². The first-order valence-corrected chi connectivity index (χ1v) is 6.63. The van der Waals surface area contributed by atoms with E-state index < -0.39 is 17.7 Å². The number of rotatable bonds is 2. The van der Waals surface area contributed by atoms with Crippen LogP contribution in [0, 0.1) is 11.6 Å². The van der Waals surface area contributed by atoms with E-state index in [1.165, 1.54) is 12.1 Å². The zero-order valence-corrected chi connectivity index (χ0v) is 11.5. The van der Waals surface area contributed by atoms with Gasteiger partial charge in [-0.2, -0.15) is 0 Å². The molecule has 0 saturated carbocycles. The Bertz CT molecular complexity index is 675. The number of ether oxygens (including phenoxy) is 2. The molecule has 3 rings (SSSR count). The average Bonchev–Trinajstić information content (AvgIpc) is 2.47. The minimum atomic E-state index is -0.621. The number of benzene rings is 2. The third-order valence-corrected chi connectivity index (χ3v) is 3.66. The SMILES string of the molecule is COc1ccc2c(c1)[C@H](N)CC(c1ccc(F)cc1F)O2. The number of fused-ring (bicyclic) bond motifs is 1. The largest absolute Gasteiger partial charge is 0.497 e. The number of methoxy groups -OCH3 is 1. The molecule has 0 fully saturated rings. The van der Waals surface area contributed by atoms with Gasteiger partial charge in [0.25, 0.3) is 0 Å². The first-order valence-electron chi connectivity index (χ1n) is 6.63. The number of halogens is 2. The summed E-state index contributed by atoms with van der Waals surface area (Å²) in [5.41, 5.74) is 7.29. The lowest BCUT2D eigenvalue weighted by Gasteiger charge is -2.31. The lowest BCUT2D eigenvalue weighted by molar-refractivity contribution is 0.157. The monoisotopic (exact) mass is 291 g/mol. The Balaban J connectivity index is 1.94. The molecule has 0 radical (unpaired) electrons. The van der Waals surface area contributed by atoms with Gasteiger partial charge in [-0.25, -0.2) is 8.78 Å². The van der Waals surface area contributed by atoms with E-state index in [9.17, 15) is 8.78 Å². The normalized spacial score (nSPS) is 20.6. The molecule has 0 aromatic heterocycles. The third kappa shape index (κ3) is 2.56. The maximum Gasteiger partial charge on any atom is 0.133 e. The number of hydrogen-bond donors (Lipinski definition) is 1. The van der Waals surface area contributed by atoms with Crippen molar-refractivity contribution in [1.82, 2.24) is 0 Å². The summed E-state index contributed by atoms with van der Waals surface area (Å²) in [6.45, 7) is 0. The van der Waals surface area contributed by atoms with Crippen molar-refractivity contribution in [2.24, 2.45) is 5.73 Å². The fourth-order valence-electron chi connectivity index (χ4n) is 2.56. The van der Waals surface area contributed by atoms with Crippen molar-refractivity contribution in [3.63, 3.8) is 0 Å². The maximum atomic E-state index is 13.9. The smallest absolute Gasteiger partial charge is 0.133 e. The van der Waals surface area contributed by atoms with Crippen LogP contribution in [0.4, 0.5) is 8.78 Å². The predicted molar refractivity (Wildman–Crippen MR) is 74.3 cm³/mol. The van der Waals surface area contributed by atoms with Crippen molar-refractivity contribution >= 4 is 0 Å². The average molecular weight is 291 g/mol. The highest BCUT2D eigenvalue weighted by Crippen LogP contribution is 2.41. The quantitative estimate of drug-likeness (QED) is 0.921. The Hall–Kier alpha value is -2.14. The van der Waals surface area contributed by atoms with E-state index in [1.54, 1.807) is 19.2 Å². The van der Waals surface area contributed by atoms with E-state index in [-0.39, 0.29) is 6.04 Å². The molecular formula is C16H15F2NO2. The van der Waals surface area contributed by atoms with E-state index in [1.807, 2.05) is 6.07 Å². The van der Waals surface area contributed by atoms with E-state index >= 15 is 0 Å². The number of nitrogens with two attached hydrogens (primary N) is 1. The molecule has 3 nitrogen and oxygen atoms in total. The van der Waals surface area contributed by atoms with Crippen molar-refractivity contribution in [1.29, 1.82) is 0 Å². The maximum absolute atomic E-state index is 13.9. The van der Waals surface area contributed by atoms with Crippen molar-refractivity contribution in [2.75, 3.05) is 7.11 Å². The van der Waals surface area contributed by atoms with Gasteiger partial charge in [0.15, 0.2) is 0 Å². The summed E-state index contributed by atoms with van der Waals surface area (Å²) < 4.78 is 37.8. The molecular weight excluding hydrogens is 276 g/mol. The highest BCUT2D eigenvalue weighted by atomic mass is 19.1. The van der Waals surface area contributed by atoms with Crippen LogP contribution < -0.4 is 15.2 Å². The van der Waals surface area contributed by atoms with Crippen LogP contribution in [0.25, 0.3) is 0 Å². The lowest BCUT2D eigenvalue weighted by atomic mass is 9.93. The fraction of sp³-hybridized carbons (Fsp3) is 0.250. The van der Waals surface area contributed by atoms with Crippen molar-refractivity contribution in [3.05, 3.63) is 59.2 Å². The molecule has 2 aromatic rings. The van der Waals surface area contributed by atoms with Gasteiger partial charge in [0.2, 0.25) is 0 Å². The molecule has 0 bridgehead atoms. The molecule has 1 heterocycles. The predicted octanol–water partition coefficient (Wildman–Crippen LogP) is 3.50. The van der Waals surface area contributed by atoms with Crippen LogP contribution in [0.5, 0.6) is 11.5 Å². The summed E-state index contributed by atoms with van der Waals surface area (Å²) in [7, 11) is 1.58. The van der Waals surface area contributed by atoms with E-state index in [0.29, 0.717) is 23.5 Å². The zero-order chi connectivity index (χ0) is 15.0. The van der Waals surface area contributed by atoms with Gasteiger partial charge in [0.1, 0.15) is 29.2 Å². The van der Waals surface area contributed by atoms with Crippen LogP contribution in [0.15, 0.2) is 36.4 Å². The highest BCUT2D eigenvalue weighted by Gasteiger charge is 2.29. The summed E-state index contributed by atoms with van der Waals surface area (Å²) in [6, 6.07) is 8.51. The first kappa shape index (κ1) is 13.8. The Morgan fingerprint density at radius 1 is 1.14 bits per heavy atom. The molecule has 0 aliphatic carbocycles. The van der Waals surface area contributed by atoms with E-state index in [4.69, 9.17) is 15.2 Å². The van der Waals surface area contributed by atoms with Gasteiger partial charge in [-0.15, -0.1) is 0 Å². The number of hydrogen-bond acceptors (Lipinski definition) is 3. The molecule has 2 aromatic carbocycles. The highest BCUT2D eigenvalue weighted by molar-refractivity contribution is 5.44. The van der Waals surface area contributed by atoms with Crippen LogP contribution in [-0.2, 0) is 0 Å². The Labute approximate surface area is 121 Å². The molecule has 21 heavy (non-hydrogen) atoms. The van der Waals surface area contributed by atoms with E-state index in [0.717, 1.165) is 11.6 Å². The molecule has 1 aliphatic heterocycles. The molecule has 110 valence electrons. The van der Waals surface area contributed by atoms with Gasteiger partial charge >= 0.3 is 0 Å². The zero-order valence-electron chi connectivity index (χ0n) is 11.5.